The molecule has 2 aromatic heterocycles. The Morgan fingerprint density at radius 1 is 1.44 bits per heavy atom. The summed E-state index contributed by atoms with van der Waals surface area (Å²) in [6, 6.07) is 5.71. The molecule has 0 saturated carbocycles. The highest BCUT2D eigenvalue weighted by Gasteiger charge is 2.18. The summed E-state index contributed by atoms with van der Waals surface area (Å²) in [5.41, 5.74) is 1.70. The van der Waals surface area contributed by atoms with Crippen molar-refractivity contribution in [2.75, 3.05) is 0 Å². The van der Waals surface area contributed by atoms with Crippen molar-refractivity contribution < 1.29 is 5.11 Å². The first-order chi connectivity index (χ1) is 8.72. The van der Waals surface area contributed by atoms with Crippen LogP contribution in [-0.4, -0.2) is 19.9 Å². The van der Waals surface area contributed by atoms with Crippen molar-refractivity contribution in [3.05, 3.63) is 46.5 Å². The third kappa shape index (κ3) is 2.97. The van der Waals surface area contributed by atoms with Gasteiger partial charge >= 0.3 is 0 Å². The van der Waals surface area contributed by atoms with E-state index in [2.05, 4.69) is 32.9 Å². The second-order valence-electron chi connectivity index (χ2n) is 4.14. The van der Waals surface area contributed by atoms with Gasteiger partial charge in [-0.2, -0.15) is 5.10 Å². The molecule has 1 N–H and O–H groups in total. The minimum absolute atomic E-state index is 0.495. The van der Waals surface area contributed by atoms with Crippen LogP contribution in [0.25, 0.3) is 0 Å². The maximum absolute atomic E-state index is 10.3. The average Bonchev–Trinajstić information content (AvgIpc) is 2.72. The second-order valence-corrected chi connectivity index (χ2v) is 5.00. The molecule has 18 heavy (non-hydrogen) atoms. The first-order valence-electron chi connectivity index (χ1n) is 6.01. The number of pyridine rings is 1. The highest BCUT2D eigenvalue weighted by Crippen LogP contribution is 2.25. The van der Waals surface area contributed by atoms with Crippen LogP contribution in [0.3, 0.4) is 0 Å². The van der Waals surface area contributed by atoms with Crippen LogP contribution in [0.15, 0.2) is 35.1 Å². The van der Waals surface area contributed by atoms with Crippen molar-refractivity contribution >= 4 is 15.9 Å². The molecule has 1 atom stereocenters. The molecular weight excluding hydrogens is 294 g/mol. The number of hydrogen-bond acceptors (Lipinski definition) is 3. The van der Waals surface area contributed by atoms with Gasteiger partial charge in [0.2, 0.25) is 0 Å². The SMILES string of the molecule is CCCn1ncc(Br)c1C(O)Cc1ccccn1. The monoisotopic (exact) mass is 309 g/mol. The summed E-state index contributed by atoms with van der Waals surface area (Å²) in [5, 5.41) is 14.6. The molecular formula is C13H16BrN3O. The summed E-state index contributed by atoms with van der Waals surface area (Å²) in [6.45, 7) is 2.89. The van der Waals surface area contributed by atoms with Gasteiger partial charge in [-0.25, -0.2) is 0 Å². The van der Waals surface area contributed by atoms with Gasteiger partial charge in [0.25, 0.3) is 0 Å². The van der Waals surface area contributed by atoms with E-state index < -0.39 is 6.10 Å². The Morgan fingerprint density at radius 3 is 2.94 bits per heavy atom. The second kappa shape index (κ2) is 6.11. The van der Waals surface area contributed by atoms with Crippen molar-refractivity contribution in [3.63, 3.8) is 0 Å². The van der Waals surface area contributed by atoms with E-state index in [1.54, 1.807) is 12.4 Å². The Labute approximate surface area is 115 Å². The van der Waals surface area contributed by atoms with Crippen LogP contribution in [0.2, 0.25) is 0 Å². The van der Waals surface area contributed by atoms with Gasteiger partial charge in [0.15, 0.2) is 0 Å². The molecule has 0 aromatic carbocycles. The maximum Gasteiger partial charge on any atom is 0.102 e. The van der Waals surface area contributed by atoms with Gasteiger partial charge in [0.05, 0.1) is 16.4 Å². The van der Waals surface area contributed by atoms with E-state index in [9.17, 15) is 5.11 Å². The van der Waals surface area contributed by atoms with Gasteiger partial charge in [-0.3, -0.25) is 9.67 Å². The number of aryl methyl sites for hydroxylation is 1. The zero-order chi connectivity index (χ0) is 13.0. The van der Waals surface area contributed by atoms with Crippen LogP contribution in [-0.2, 0) is 13.0 Å². The molecule has 2 rings (SSSR count). The molecule has 0 radical (unpaired) electrons. The lowest BCUT2D eigenvalue weighted by molar-refractivity contribution is 0.164. The molecule has 2 heterocycles. The average molecular weight is 310 g/mol. The number of halogens is 1. The fourth-order valence-corrected chi connectivity index (χ4v) is 2.47. The molecule has 4 nitrogen and oxygen atoms in total. The standard InChI is InChI=1S/C13H16BrN3O/c1-2-7-17-13(11(14)9-16-17)12(18)8-10-5-3-4-6-15-10/h3-6,9,12,18H,2,7-8H2,1H3. The highest BCUT2D eigenvalue weighted by molar-refractivity contribution is 9.10. The lowest BCUT2D eigenvalue weighted by atomic mass is 10.1. The number of rotatable bonds is 5. The summed E-state index contributed by atoms with van der Waals surface area (Å²) >= 11 is 3.44. The third-order valence-corrected chi connectivity index (χ3v) is 3.32. The van der Waals surface area contributed by atoms with Crippen LogP contribution < -0.4 is 0 Å². The molecule has 96 valence electrons. The molecule has 0 aliphatic carbocycles. The molecule has 5 heteroatoms. The lowest BCUT2D eigenvalue weighted by Crippen LogP contribution is -2.12. The van der Waals surface area contributed by atoms with Crippen molar-refractivity contribution in [2.45, 2.75) is 32.4 Å². The van der Waals surface area contributed by atoms with E-state index in [0.29, 0.717) is 6.42 Å². The zero-order valence-electron chi connectivity index (χ0n) is 10.3. The highest BCUT2D eigenvalue weighted by atomic mass is 79.9. The van der Waals surface area contributed by atoms with Gasteiger partial charge in [-0.05, 0) is 34.5 Å². The number of hydrogen-bond donors (Lipinski definition) is 1. The summed E-state index contributed by atoms with van der Waals surface area (Å²) in [7, 11) is 0. The Balaban J connectivity index is 2.18. The predicted octanol–water partition coefficient (Wildman–Crippen LogP) is 2.73. The van der Waals surface area contributed by atoms with E-state index in [1.165, 1.54) is 0 Å². The molecule has 0 amide bonds. The Bertz CT molecular complexity index is 498. The van der Waals surface area contributed by atoms with E-state index in [0.717, 1.165) is 28.8 Å². The zero-order valence-corrected chi connectivity index (χ0v) is 11.8. The fraction of sp³-hybridized carbons (Fsp3) is 0.385. The van der Waals surface area contributed by atoms with Crippen molar-refractivity contribution in [1.82, 2.24) is 14.8 Å². The van der Waals surface area contributed by atoms with Crippen LogP contribution in [0.5, 0.6) is 0 Å². The third-order valence-electron chi connectivity index (χ3n) is 2.71. The Morgan fingerprint density at radius 2 is 2.28 bits per heavy atom. The summed E-state index contributed by atoms with van der Waals surface area (Å²) < 4.78 is 2.69. The van der Waals surface area contributed by atoms with Crippen molar-refractivity contribution in [2.24, 2.45) is 0 Å². The van der Waals surface area contributed by atoms with Gasteiger partial charge in [0, 0.05) is 24.9 Å². The number of aliphatic hydroxyl groups is 1. The van der Waals surface area contributed by atoms with E-state index in [4.69, 9.17) is 0 Å². The van der Waals surface area contributed by atoms with Crippen molar-refractivity contribution in [1.29, 1.82) is 0 Å². The molecule has 1 unspecified atom stereocenters. The van der Waals surface area contributed by atoms with E-state index in [-0.39, 0.29) is 0 Å². The molecule has 0 aliphatic rings. The van der Waals surface area contributed by atoms with Gasteiger partial charge in [-0.1, -0.05) is 13.0 Å². The van der Waals surface area contributed by atoms with Crippen LogP contribution in [0.1, 0.15) is 30.8 Å². The topological polar surface area (TPSA) is 50.9 Å². The van der Waals surface area contributed by atoms with Crippen LogP contribution in [0, 0.1) is 0 Å². The molecule has 0 saturated heterocycles. The van der Waals surface area contributed by atoms with Crippen LogP contribution >= 0.6 is 15.9 Å². The first-order valence-corrected chi connectivity index (χ1v) is 6.80. The number of aliphatic hydroxyl groups excluding tert-OH is 1. The summed E-state index contributed by atoms with van der Waals surface area (Å²) in [6.07, 6.45) is 4.35. The van der Waals surface area contributed by atoms with Gasteiger partial charge in [0.1, 0.15) is 6.10 Å². The fourth-order valence-electron chi connectivity index (χ4n) is 1.91. The van der Waals surface area contributed by atoms with Gasteiger partial charge in [-0.15, -0.1) is 0 Å². The molecule has 0 fully saturated rings. The quantitative estimate of drug-likeness (QED) is 0.924. The largest absolute Gasteiger partial charge is 0.386 e. The van der Waals surface area contributed by atoms with E-state index in [1.807, 2.05) is 22.9 Å². The van der Waals surface area contributed by atoms with E-state index >= 15 is 0 Å². The molecule has 2 aromatic rings. The van der Waals surface area contributed by atoms with Crippen molar-refractivity contribution in [3.8, 4) is 0 Å². The lowest BCUT2D eigenvalue weighted by Gasteiger charge is -2.13. The summed E-state index contributed by atoms with van der Waals surface area (Å²) in [5.74, 6) is 0. The minimum Gasteiger partial charge on any atom is -0.386 e. The Kier molecular flexibility index (Phi) is 4.49. The normalized spacial score (nSPS) is 12.6. The molecule has 0 aliphatic heterocycles. The van der Waals surface area contributed by atoms with Crippen LogP contribution in [0.4, 0.5) is 0 Å². The predicted molar refractivity (Wildman–Crippen MR) is 73.1 cm³/mol. The first kappa shape index (κ1) is 13.2. The number of aromatic nitrogens is 3. The molecule has 0 bridgehead atoms. The smallest absolute Gasteiger partial charge is 0.102 e. The minimum atomic E-state index is -0.594. The maximum atomic E-state index is 10.3. The Hall–Kier alpha value is -1.20. The molecule has 0 spiro atoms. The number of nitrogens with zero attached hydrogens (tertiary/aromatic N) is 3. The van der Waals surface area contributed by atoms with Gasteiger partial charge < -0.3 is 5.11 Å². The summed E-state index contributed by atoms with van der Waals surface area (Å²) in [4.78, 5) is 4.23.